The van der Waals surface area contributed by atoms with Gasteiger partial charge in [0.25, 0.3) is 0 Å². The zero-order valence-corrected chi connectivity index (χ0v) is 12.5. The van der Waals surface area contributed by atoms with Crippen molar-refractivity contribution in [2.75, 3.05) is 19.5 Å². The van der Waals surface area contributed by atoms with Crippen molar-refractivity contribution in [3.8, 4) is 11.4 Å². The Bertz CT molecular complexity index is 584. The van der Waals surface area contributed by atoms with Gasteiger partial charge >= 0.3 is 0 Å². The van der Waals surface area contributed by atoms with E-state index in [-0.39, 0.29) is 6.04 Å². The average molecular weight is 296 g/mol. The highest BCUT2D eigenvalue weighted by Crippen LogP contribution is 2.29. The molecule has 1 aromatic heterocycles. The van der Waals surface area contributed by atoms with Gasteiger partial charge in [0.05, 0.1) is 12.6 Å². The van der Waals surface area contributed by atoms with Crippen LogP contribution in [0, 0.1) is 5.92 Å². The van der Waals surface area contributed by atoms with E-state index in [0.29, 0.717) is 29.1 Å². The Morgan fingerprint density at radius 2 is 2.15 bits per heavy atom. The van der Waals surface area contributed by atoms with E-state index in [9.17, 15) is 0 Å². The molecule has 1 unspecified atom stereocenters. The number of nitrogens with zero attached hydrogens (tertiary/aromatic N) is 4. The lowest BCUT2D eigenvalue weighted by atomic mass is 10.0. The summed E-state index contributed by atoms with van der Waals surface area (Å²) in [7, 11) is 1.66. The molecule has 0 saturated heterocycles. The molecule has 2 rings (SSSR count). The minimum absolute atomic E-state index is 0.0417. The van der Waals surface area contributed by atoms with Crippen molar-refractivity contribution in [2.24, 2.45) is 5.92 Å². The number of ether oxygens (including phenoxy) is 1. The fourth-order valence-electron chi connectivity index (χ4n) is 2.05. The fraction of sp³-hybridized carbons (Fsp3) is 0.462. The van der Waals surface area contributed by atoms with Crippen molar-refractivity contribution in [3.63, 3.8) is 0 Å². The summed E-state index contributed by atoms with van der Waals surface area (Å²) in [5.74, 6) is 0.945. The Morgan fingerprint density at radius 1 is 1.40 bits per heavy atom. The Morgan fingerprint density at radius 3 is 2.75 bits per heavy atom. The maximum absolute atomic E-state index is 6.01. The second kappa shape index (κ2) is 6.19. The second-order valence-electron chi connectivity index (χ2n) is 4.95. The van der Waals surface area contributed by atoms with Crippen molar-refractivity contribution in [1.82, 2.24) is 20.2 Å². The first-order valence-electron chi connectivity index (χ1n) is 6.36. The molecule has 108 valence electrons. The molecule has 6 nitrogen and oxygen atoms in total. The molecule has 0 fully saturated rings. The van der Waals surface area contributed by atoms with Crippen LogP contribution in [0.25, 0.3) is 11.4 Å². The van der Waals surface area contributed by atoms with E-state index < -0.39 is 0 Å². The van der Waals surface area contributed by atoms with Crippen LogP contribution in [0.3, 0.4) is 0 Å². The van der Waals surface area contributed by atoms with Crippen LogP contribution in [-0.2, 0) is 4.74 Å². The lowest BCUT2D eigenvalue weighted by Crippen LogP contribution is -2.22. The molecule has 0 aliphatic rings. The first-order valence-corrected chi connectivity index (χ1v) is 6.74. The minimum Gasteiger partial charge on any atom is -0.398 e. The van der Waals surface area contributed by atoms with Crippen molar-refractivity contribution in [2.45, 2.75) is 19.9 Å². The predicted octanol–water partition coefficient (Wildman–Crippen LogP) is 2.42. The Hall–Kier alpha value is -1.66. The zero-order valence-electron chi connectivity index (χ0n) is 11.7. The molecule has 7 heteroatoms. The fourth-order valence-corrected chi connectivity index (χ4v) is 2.23. The van der Waals surface area contributed by atoms with E-state index in [2.05, 4.69) is 29.4 Å². The van der Waals surface area contributed by atoms with Crippen LogP contribution in [0.2, 0.25) is 5.02 Å². The smallest absolute Gasteiger partial charge is 0.184 e. The summed E-state index contributed by atoms with van der Waals surface area (Å²) in [6.07, 6.45) is 0. The second-order valence-corrected chi connectivity index (χ2v) is 5.38. The minimum atomic E-state index is 0.0417. The number of anilines is 1. The van der Waals surface area contributed by atoms with E-state index in [1.165, 1.54) is 0 Å². The molecular weight excluding hydrogens is 278 g/mol. The Balaban J connectivity index is 2.46. The third-order valence-corrected chi connectivity index (χ3v) is 3.40. The first kappa shape index (κ1) is 14.7. The Labute approximate surface area is 122 Å². The van der Waals surface area contributed by atoms with Gasteiger partial charge in [-0.3, -0.25) is 0 Å². The van der Waals surface area contributed by atoms with E-state index >= 15 is 0 Å². The average Bonchev–Trinajstić information content (AvgIpc) is 2.84. The summed E-state index contributed by atoms with van der Waals surface area (Å²) in [6.45, 7) is 4.73. The number of hydrogen-bond acceptors (Lipinski definition) is 5. The van der Waals surface area contributed by atoms with E-state index in [1.807, 2.05) is 6.07 Å². The van der Waals surface area contributed by atoms with E-state index in [0.717, 1.165) is 5.56 Å². The molecular formula is C13H18ClN5O. The summed E-state index contributed by atoms with van der Waals surface area (Å²) >= 11 is 5.92. The molecule has 2 aromatic rings. The molecule has 0 spiro atoms. The van der Waals surface area contributed by atoms with Crippen LogP contribution in [-0.4, -0.2) is 33.9 Å². The standard InChI is InChI=1S/C13H18ClN5O/c1-8(2)12(7-20-3)19-13(16-17-18-19)10-5-4-9(14)6-11(10)15/h4-6,8,12H,7,15H2,1-3H3. The van der Waals surface area contributed by atoms with Crippen LogP contribution in [0.1, 0.15) is 19.9 Å². The molecule has 2 N–H and O–H groups in total. The molecule has 0 radical (unpaired) electrons. The van der Waals surface area contributed by atoms with Crippen molar-refractivity contribution >= 4 is 17.3 Å². The summed E-state index contributed by atoms with van der Waals surface area (Å²) in [6, 6.07) is 5.33. The van der Waals surface area contributed by atoms with Gasteiger partial charge in [-0.15, -0.1) is 5.10 Å². The van der Waals surface area contributed by atoms with Crippen molar-refractivity contribution in [3.05, 3.63) is 23.2 Å². The van der Waals surface area contributed by atoms with Gasteiger partial charge in [-0.2, -0.15) is 0 Å². The zero-order chi connectivity index (χ0) is 14.7. The number of rotatable bonds is 5. The maximum Gasteiger partial charge on any atom is 0.184 e. The van der Waals surface area contributed by atoms with Gasteiger partial charge in [-0.05, 0) is 34.5 Å². The number of tetrazole rings is 1. The molecule has 1 atom stereocenters. The lowest BCUT2D eigenvalue weighted by Gasteiger charge is -2.21. The molecule has 0 amide bonds. The maximum atomic E-state index is 6.01. The molecule has 20 heavy (non-hydrogen) atoms. The van der Waals surface area contributed by atoms with E-state index in [1.54, 1.807) is 23.9 Å². The molecule has 0 aliphatic heterocycles. The van der Waals surface area contributed by atoms with Gasteiger partial charge in [0.1, 0.15) is 0 Å². The van der Waals surface area contributed by atoms with E-state index in [4.69, 9.17) is 22.1 Å². The van der Waals surface area contributed by atoms with Crippen LogP contribution in [0.5, 0.6) is 0 Å². The summed E-state index contributed by atoms with van der Waals surface area (Å²) < 4.78 is 7.02. The highest BCUT2D eigenvalue weighted by atomic mass is 35.5. The number of hydrogen-bond donors (Lipinski definition) is 1. The number of benzene rings is 1. The lowest BCUT2D eigenvalue weighted by molar-refractivity contribution is 0.126. The third-order valence-electron chi connectivity index (χ3n) is 3.17. The first-order chi connectivity index (χ1) is 9.54. The molecule has 0 saturated carbocycles. The van der Waals surface area contributed by atoms with Crippen LogP contribution >= 0.6 is 11.6 Å². The number of aromatic nitrogens is 4. The number of nitrogen functional groups attached to an aromatic ring is 1. The number of nitrogens with two attached hydrogens (primary N) is 1. The van der Waals surface area contributed by atoms with Gasteiger partial charge in [-0.25, -0.2) is 4.68 Å². The Kier molecular flexibility index (Phi) is 4.57. The van der Waals surface area contributed by atoms with Gasteiger partial charge in [0.15, 0.2) is 5.82 Å². The van der Waals surface area contributed by atoms with Gasteiger partial charge < -0.3 is 10.5 Å². The summed E-state index contributed by atoms with van der Waals surface area (Å²) in [5.41, 5.74) is 7.32. The van der Waals surface area contributed by atoms with Crippen molar-refractivity contribution in [1.29, 1.82) is 0 Å². The monoisotopic (exact) mass is 295 g/mol. The number of methoxy groups -OCH3 is 1. The largest absolute Gasteiger partial charge is 0.398 e. The third kappa shape index (κ3) is 2.91. The van der Waals surface area contributed by atoms with Crippen LogP contribution in [0.15, 0.2) is 18.2 Å². The highest BCUT2D eigenvalue weighted by molar-refractivity contribution is 6.31. The highest BCUT2D eigenvalue weighted by Gasteiger charge is 2.22. The topological polar surface area (TPSA) is 78.8 Å². The molecule has 1 heterocycles. The van der Waals surface area contributed by atoms with Gasteiger partial charge in [-0.1, -0.05) is 25.4 Å². The van der Waals surface area contributed by atoms with Gasteiger partial charge in [0.2, 0.25) is 0 Å². The quantitative estimate of drug-likeness (QED) is 0.857. The van der Waals surface area contributed by atoms with Gasteiger partial charge in [0, 0.05) is 23.4 Å². The molecule has 0 bridgehead atoms. The van der Waals surface area contributed by atoms with Crippen LogP contribution < -0.4 is 5.73 Å². The molecule has 1 aromatic carbocycles. The molecule has 0 aliphatic carbocycles. The SMILES string of the molecule is COCC(C(C)C)n1nnnc1-c1ccc(Cl)cc1N. The van der Waals surface area contributed by atoms with Crippen LogP contribution in [0.4, 0.5) is 5.69 Å². The number of halogens is 1. The summed E-state index contributed by atoms with van der Waals surface area (Å²) in [4.78, 5) is 0. The normalized spacial score (nSPS) is 12.8. The van der Waals surface area contributed by atoms with Crippen molar-refractivity contribution < 1.29 is 4.74 Å². The summed E-state index contributed by atoms with van der Waals surface area (Å²) in [5, 5.41) is 12.5. The predicted molar refractivity (Wildman–Crippen MR) is 78.4 cm³/mol.